The van der Waals surface area contributed by atoms with Crippen LogP contribution in [0.1, 0.15) is 51.2 Å². The summed E-state index contributed by atoms with van der Waals surface area (Å²) in [5.41, 5.74) is 2.09. The molecule has 0 aliphatic carbocycles. The number of carbonyl (C=O) groups is 1. The Balaban J connectivity index is 1.96. The van der Waals surface area contributed by atoms with Gasteiger partial charge in [0.05, 0.1) is 18.6 Å². The lowest BCUT2D eigenvalue weighted by Gasteiger charge is -2.40. The summed E-state index contributed by atoms with van der Waals surface area (Å²) in [4.78, 5) is 13.3. The van der Waals surface area contributed by atoms with Crippen LogP contribution in [0, 0.1) is 5.92 Å². The van der Waals surface area contributed by atoms with Crippen molar-refractivity contribution < 1.29 is 14.6 Å². The first-order valence-corrected chi connectivity index (χ1v) is 9.15. The first kappa shape index (κ1) is 18.9. The van der Waals surface area contributed by atoms with Crippen LogP contribution in [-0.2, 0) is 22.5 Å². The number of ether oxygens (including phenoxy) is 1. The zero-order valence-electron chi connectivity index (χ0n) is 15.2. The highest BCUT2D eigenvalue weighted by Gasteiger charge is 2.29. The van der Waals surface area contributed by atoms with Crippen LogP contribution in [0.25, 0.3) is 0 Å². The van der Waals surface area contributed by atoms with Gasteiger partial charge >= 0.3 is 5.97 Å². The van der Waals surface area contributed by atoms with Gasteiger partial charge in [-0.2, -0.15) is 0 Å². The summed E-state index contributed by atoms with van der Waals surface area (Å²) in [5, 5.41) is 8.86. The summed E-state index contributed by atoms with van der Waals surface area (Å²) in [6, 6.07) is 7.97. The van der Waals surface area contributed by atoms with Gasteiger partial charge in [-0.3, -0.25) is 9.69 Å². The molecule has 0 unspecified atom stereocenters. The van der Waals surface area contributed by atoms with Gasteiger partial charge in [-0.05, 0) is 23.5 Å². The number of morpholine rings is 1. The maximum Gasteiger partial charge on any atom is 0.307 e. The fourth-order valence-electron chi connectivity index (χ4n) is 3.23. The van der Waals surface area contributed by atoms with Crippen molar-refractivity contribution >= 4 is 5.97 Å². The lowest BCUT2D eigenvalue weighted by Crippen LogP contribution is -2.48. The number of hydrogen-bond donors (Lipinski definition) is 1. The Hall–Kier alpha value is -1.39. The molecule has 134 valence electrons. The van der Waals surface area contributed by atoms with Crippen LogP contribution in [0.3, 0.4) is 0 Å². The molecule has 1 N–H and O–H groups in total. The Morgan fingerprint density at radius 3 is 2.50 bits per heavy atom. The molecule has 0 spiro atoms. The predicted octanol–water partition coefficient (Wildman–Crippen LogP) is 3.73. The highest BCUT2D eigenvalue weighted by molar-refractivity contribution is 5.70. The molecular formula is C20H31NO3. The fraction of sp³-hybridized carbons (Fsp3) is 0.650. The van der Waals surface area contributed by atoms with Gasteiger partial charge in [-0.15, -0.1) is 0 Å². The van der Waals surface area contributed by atoms with Crippen LogP contribution in [0.15, 0.2) is 24.3 Å². The van der Waals surface area contributed by atoms with E-state index in [1.165, 1.54) is 18.4 Å². The van der Waals surface area contributed by atoms with Crippen molar-refractivity contribution in [2.45, 2.75) is 65.2 Å². The number of benzene rings is 1. The topological polar surface area (TPSA) is 49.8 Å². The minimum absolute atomic E-state index is 0.0896. The number of rotatable bonds is 8. The second kappa shape index (κ2) is 9.19. The van der Waals surface area contributed by atoms with E-state index in [1.54, 1.807) is 0 Å². The molecule has 1 aromatic carbocycles. The molecule has 0 aromatic heterocycles. The molecule has 24 heavy (non-hydrogen) atoms. The second-order valence-electron chi connectivity index (χ2n) is 7.26. The number of hydrogen-bond acceptors (Lipinski definition) is 3. The third-order valence-corrected chi connectivity index (χ3v) is 4.67. The summed E-state index contributed by atoms with van der Waals surface area (Å²) in [6.07, 6.45) is 4.27. The van der Waals surface area contributed by atoms with Gasteiger partial charge in [-0.1, -0.05) is 57.9 Å². The number of aliphatic carboxylic acids is 1. The predicted molar refractivity (Wildman–Crippen MR) is 96.1 cm³/mol. The summed E-state index contributed by atoms with van der Waals surface area (Å²) in [5.74, 6) is -0.260. The molecule has 4 nitrogen and oxygen atoms in total. The van der Waals surface area contributed by atoms with Crippen molar-refractivity contribution in [2.75, 3.05) is 13.1 Å². The quantitative estimate of drug-likeness (QED) is 0.787. The van der Waals surface area contributed by atoms with Crippen molar-refractivity contribution in [1.82, 2.24) is 4.90 Å². The van der Waals surface area contributed by atoms with E-state index in [4.69, 9.17) is 9.84 Å². The van der Waals surface area contributed by atoms with Gasteiger partial charge in [0.2, 0.25) is 0 Å². The molecule has 1 heterocycles. The molecule has 4 heteroatoms. The van der Waals surface area contributed by atoms with E-state index >= 15 is 0 Å². The van der Waals surface area contributed by atoms with Crippen LogP contribution in [-0.4, -0.2) is 41.3 Å². The Kier molecular flexibility index (Phi) is 7.25. The Labute approximate surface area is 145 Å². The Bertz CT molecular complexity index is 512. The van der Waals surface area contributed by atoms with E-state index in [-0.39, 0.29) is 6.42 Å². The van der Waals surface area contributed by atoms with Gasteiger partial charge in [0.25, 0.3) is 0 Å². The van der Waals surface area contributed by atoms with Crippen LogP contribution < -0.4 is 0 Å². The smallest absolute Gasteiger partial charge is 0.307 e. The van der Waals surface area contributed by atoms with E-state index in [2.05, 4.69) is 37.8 Å². The minimum Gasteiger partial charge on any atom is -0.481 e. The summed E-state index contributed by atoms with van der Waals surface area (Å²) < 4.78 is 6.27. The zero-order chi connectivity index (χ0) is 17.5. The van der Waals surface area contributed by atoms with Crippen LogP contribution in [0.5, 0.6) is 0 Å². The number of unbranched alkanes of at least 4 members (excludes halogenated alkanes) is 1. The third-order valence-electron chi connectivity index (χ3n) is 4.67. The zero-order valence-corrected chi connectivity index (χ0v) is 15.2. The summed E-state index contributed by atoms with van der Waals surface area (Å²) in [7, 11) is 0. The van der Waals surface area contributed by atoms with Gasteiger partial charge in [0.15, 0.2) is 0 Å². The molecule has 0 saturated carbocycles. The Morgan fingerprint density at radius 2 is 1.92 bits per heavy atom. The molecule has 1 fully saturated rings. The molecule has 0 bridgehead atoms. The van der Waals surface area contributed by atoms with Crippen molar-refractivity contribution in [3.05, 3.63) is 35.4 Å². The maximum atomic E-state index is 10.8. The summed E-state index contributed by atoms with van der Waals surface area (Å²) in [6.45, 7) is 9.54. The van der Waals surface area contributed by atoms with Crippen molar-refractivity contribution in [2.24, 2.45) is 5.92 Å². The van der Waals surface area contributed by atoms with Crippen molar-refractivity contribution in [1.29, 1.82) is 0 Å². The Morgan fingerprint density at radius 1 is 1.25 bits per heavy atom. The van der Waals surface area contributed by atoms with Gasteiger partial charge in [0.1, 0.15) is 0 Å². The second-order valence-corrected chi connectivity index (χ2v) is 7.26. The molecule has 1 aliphatic heterocycles. The van der Waals surface area contributed by atoms with Gasteiger partial charge < -0.3 is 9.84 Å². The fourth-order valence-corrected chi connectivity index (χ4v) is 3.23. The average molecular weight is 333 g/mol. The molecule has 1 saturated heterocycles. The largest absolute Gasteiger partial charge is 0.481 e. The van der Waals surface area contributed by atoms with E-state index in [1.807, 2.05) is 12.1 Å². The standard InChI is InChI=1S/C20H31NO3/c1-4-5-6-18-13-21(14-19(24-18)15(2)3)12-17-9-7-16(8-10-17)11-20(22)23/h7-10,15,18-19H,4-6,11-14H2,1-3H3,(H,22,23)/t18-,19-/m1/s1. The van der Waals surface area contributed by atoms with Crippen molar-refractivity contribution in [3.63, 3.8) is 0 Å². The van der Waals surface area contributed by atoms with Gasteiger partial charge in [0, 0.05) is 19.6 Å². The number of carboxylic acid groups (broad SMARTS) is 1. The lowest BCUT2D eigenvalue weighted by molar-refractivity contribution is -0.136. The van der Waals surface area contributed by atoms with Crippen molar-refractivity contribution in [3.8, 4) is 0 Å². The molecule has 0 amide bonds. The molecule has 0 radical (unpaired) electrons. The lowest BCUT2D eigenvalue weighted by atomic mass is 10.0. The normalized spacial score (nSPS) is 22.0. The highest BCUT2D eigenvalue weighted by Crippen LogP contribution is 2.22. The monoisotopic (exact) mass is 333 g/mol. The molecular weight excluding hydrogens is 302 g/mol. The minimum atomic E-state index is -0.783. The first-order chi connectivity index (χ1) is 11.5. The SMILES string of the molecule is CCCC[C@@H]1CN(Cc2ccc(CC(=O)O)cc2)C[C@H](C(C)C)O1. The van der Waals surface area contributed by atoms with Gasteiger partial charge in [-0.25, -0.2) is 0 Å². The number of nitrogens with zero attached hydrogens (tertiary/aromatic N) is 1. The summed E-state index contributed by atoms with van der Waals surface area (Å²) >= 11 is 0. The molecule has 1 aromatic rings. The van der Waals surface area contributed by atoms with Crippen LogP contribution >= 0.6 is 0 Å². The third kappa shape index (κ3) is 5.91. The van der Waals surface area contributed by atoms with E-state index in [0.717, 1.165) is 31.6 Å². The van der Waals surface area contributed by atoms with E-state index < -0.39 is 5.97 Å². The molecule has 2 atom stereocenters. The average Bonchev–Trinajstić information content (AvgIpc) is 2.54. The molecule has 2 rings (SSSR count). The highest BCUT2D eigenvalue weighted by atomic mass is 16.5. The van der Waals surface area contributed by atoms with Crippen LogP contribution in [0.2, 0.25) is 0 Å². The van der Waals surface area contributed by atoms with E-state index in [0.29, 0.717) is 18.1 Å². The van der Waals surface area contributed by atoms with Crippen LogP contribution in [0.4, 0.5) is 0 Å². The first-order valence-electron chi connectivity index (χ1n) is 9.15. The van der Waals surface area contributed by atoms with E-state index in [9.17, 15) is 4.79 Å². The molecule has 1 aliphatic rings. The maximum absolute atomic E-state index is 10.8. The number of carboxylic acids is 1.